The van der Waals surface area contributed by atoms with E-state index < -0.39 is 0 Å². The second-order valence-electron chi connectivity index (χ2n) is 9.00. The lowest BCUT2D eigenvalue weighted by atomic mass is 9.64. The minimum absolute atomic E-state index is 0.0723. The minimum atomic E-state index is 0.0723. The largest absolute Gasteiger partial charge is 0.359 e. The van der Waals surface area contributed by atoms with Crippen LogP contribution in [0.25, 0.3) is 10.8 Å². The summed E-state index contributed by atoms with van der Waals surface area (Å²) >= 11 is 0. The van der Waals surface area contributed by atoms with E-state index in [0.29, 0.717) is 11.9 Å². The molecule has 3 atom stereocenters. The van der Waals surface area contributed by atoms with Crippen LogP contribution in [-0.4, -0.2) is 41.1 Å². The quantitative estimate of drug-likeness (QED) is 0.709. The van der Waals surface area contributed by atoms with Gasteiger partial charge in [-0.15, -0.1) is 0 Å². The molecule has 5 nitrogen and oxygen atoms in total. The van der Waals surface area contributed by atoms with Gasteiger partial charge in [-0.05, 0) is 53.9 Å². The number of rotatable bonds is 5. The van der Waals surface area contributed by atoms with Crippen LogP contribution in [0.2, 0.25) is 0 Å². The van der Waals surface area contributed by atoms with E-state index in [9.17, 15) is 4.79 Å². The summed E-state index contributed by atoms with van der Waals surface area (Å²) in [6, 6.07) is 15.6. The summed E-state index contributed by atoms with van der Waals surface area (Å²) in [5.41, 5.74) is 3.26. The van der Waals surface area contributed by atoms with E-state index in [0.717, 1.165) is 49.1 Å². The van der Waals surface area contributed by atoms with Gasteiger partial charge in [0, 0.05) is 45.0 Å². The van der Waals surface area contributed by atoms with Gasteiger partial charge in [0.05, 0.1) is 0 Å². The fourth-order valence-corrected chi connectivity index (χ4v) is 5.54. The summed E-state index contributed by atoms with van der Waals surface area (Å²) < 4.78 is 1.62. The van der Waals surface area contributed by atoms with E-state index in [1.165, 1.54) is 22.8 Å². The highest BCUT2D eigenvalue weighted by molar-refractivity contribution is 5.83. The molecule has 2 aliphatic rings. The Labute approximate surface area is 177 Å². The average Bonchev–Trinajstić information content (AvgIpc) is 3.06. The maximum absolute atomic E-state index is 12.7. The maximum Gasteiger partial charge on any atom is 0.258 e. The van der Waals surface area contributed by atoms with Crippen LogP contribution in [0.1, 0.15) is 29.2 Å². The molecule has 156 valence electrons. The molecule has 0 radical (unpaired) electrons. The van der Waals surface area contributed by atoms with Crippen LogP contribution in [0.4, 0.5) is 5.95 Å². The molecule has 0 spiro atoms. The standard InChI is InChI=1S/C25H30N4O/c1-16-21(24(30)28(3)25(26-2)27-16)10-11-29-14-20-13-22(23(20)15-29)19-9-8-17-6-4-5-7-18(17)12-19/h4-9,12,20,22-23H,10-11,13-15H2,1-3H3,(H,26,27). The van der Waals surface area contributed by atoms with Gasteiger partial charge in [-0.25, -0.2) is 4.98 Å². The van der Waals surface area contributed by atoms with Crippen molar-refractivity contribution in [3.8, 4) is 0 Å². The summed E-state index contributed by atoms with van der Waals surface area (Å²) in [6.45, 7) is 5.19. The van der Waals surface area contributed by atoms with Crippen LogP contribution in [-0.2, 0) is 13.5 Å². The number of fused-ring (bicyclic) bond motifs is 2. The molecule has 2 heterocycles. The number of aromatic nitrogens is 2. The minimum Gasteiger partial charge on any atom is -0.359 e. The number of likely N-dealkylation sites (tertiary alicyclic amines) is 1. The first-order valence-corrected chi connectivity index (χ1v) is 11.0. The molecule has 1 aliphatic heterocycles. The molecule has 0 bridgehead atoms. The lowest BCUT2D eigenvalue weighted by Gasteiger charge is -2.40. The first-order chi connectivity index (χ1) is 14.5. The molecule has 5 heteroatoms. The lowest BCUT2D eigenvalue weighted by Crippen LogP contribution is -2.33. The van der Waals surface area contributed by atoms with Gasteiger partial charge in [0.2, 0.25) is 5.95 Å². The molecule has 3 aromatic rings. The molecule has 0 amide bonds. The summed E-state index contributed by atoms with van der Waals surface area (Å²) in [5, 5.41) is 5.66. The highest BCUT2D eigenvalue weighted by Gasteiger charge is 2.47. The van der Waals surface area contributed by atoms with Crippen LogP contribution in [0.3, 0.4) is 0 Å². The van der Waals surface area contributed by atoms with Gasteiger partial charge in [-0.2, -0.15) is 0 Å². The number of hydrogen-bond donors (Lipinski definition) is 1. The van der Waals surface area contributed by atoms with E-state index in [2.05, 4.69) is 57.7 Å². The molecular weight excluding hydrogens is 372 g/mol. The summed E-state index contributed by atoms with van der Waals surface area (Å²) in [4.78, 5) is 19.8. The zero-order chi connectivity index (χ0) is 20.8. The van der Waals surface area contributed by atoms with Gasteiger partial charge in [-0.1, -0.05) is 42.5 Å². The van der Waals surface area contributed by atoms with Crippen LogP contribution in [0.5, 0.6) is 0 Å². The molecule has 5 rings (SSSR count). The smallest absolute Gasteiger partial charge is 0.258 e. The van der Waals surface area contributed by atoms with Crippen molar-refractivity contribution in [2.75, 3.05) is 32.0 Å². The predicted octanol–water partition coefficient (Wildman–Crippen LogP) is 3.56. The molecule has 3 unspecified atom stereocenters. The Morgan fingerprint density at radius 2 is 1.93 bits per heavy atom. The van der Waals surface area contributed by atoms with Gasteiger partial charge >= 0.3 is 0 Å². The Bertz CT molecular complexity index is 1150. The van der Waals surface area contributed by atoms with Crippen molar-refractivity contribution in [3.05, 3.63) is 69.6 Å². The molecule has 1 N–H and O–H groups in total. The molecule has 1 aromatic heterocycles. The highest BCUT2D eigenvalue weighted by Crippen LogP contribution is 2.51. The van der Waals surface area contributed by atoms with E-state index >= 15 is 0 Å². The second-order valence-corrected chi connectivity index (χ2v) is 9.00. The number of aryl methyl sites for hydroxylation is 1. The van der Waals surface area contributed by atoms with Crippen molar-refractivity contribution >= 4 is 16.7 Å². The topological polar surface area (TPSA) is 50.2 Å². The lowest BCUT2D eigenvalue weighted by molar-refractivity contribution is 0.191. The molecule has 2 aromatic carbocycles. The third-order valence-corrected chi connectivity index (χ3v) is 7.33. The monoisotopic (exact) mass is 402 g/mol. The number of nitrogens with zero attached hydrogens (tertiary/aromatic N) is 3. The van der Waals surface area contributed by atoms with Crippen LogP contribution < -0.4 is 10.9 Å². The van der Waals surface area contributed by atoms with Crippen molar-refractivity contribution in [1.82, 2.24) is 14.5 Å². The van der Waals surface area contributed by atoms with Gasteiger partial charge < -0.3 is 10.2 Å². The summed E-state index contributed by atoms with van der Waals surface area (Å²) in [5.74, 6) is 2.85. The third-order valence-electron chi connectivity index (χ3n) is 7.33. The molecule has 1 saturated heterocycles. The second kappa shape index (κ2) is 7.55. The zero-order valence-corrected chi connectivity index (χ0v) is 18.1. The number of benzene rings is 2. The van der Waals surface area contributed by atoms with Crippen molar-refractivity contribution in [2.45, 2.75) is 25.7 Å². The van der Waals surface area contributed by atoms with Crippen LogP contribution >= 0.6 is 0 Å². The zero-order valence-electron chi connectivity index (χ0n) is 18.1. The van der Waals surface area contributed by atoms with E-state index in [-0.39, 0.29) is 5.56 Å². The van der Waals surface area contributed by atoms with E-state index in [1.807, 2.05) is 6.92 Å². The Morgan fingerprint density at radius 3 is 2.73 bits per heavy atom. The fraction of sp³-hybridized carbons (Fsp3) is 0.440. The van der Waals surface area contributed by atoms with E-state index in [1.54, 1.807) is 18.7 Å². The number of hydrogen-bond acceptors (Lipinski definition) is 4. The van der Waals surface area contributed by atoms with Gasteiger partial charge in [0.1, 0.15) is 0 Å². The number of anilines is 1. The van der Waals surface area contributed by atoms with Crippen LogP contribution in [0.15, 0.2) is 47.3 Å². The first kappa shape index (κ1) is 19.3. The summed E-state index contributed by atoms with van der Waals surface area (Å²) in [7, 11) is 3.58. The maximum atomic E-state index is 12.7. The Morgan fingerprint density at radius 1 is 1.13 bits per heavy atom. The third kappa shape index (κ3) is 3.21. The molecule has 1 aliphatic carbocycles. The van der Waals surface area contributed by atoms with Gasteiger partial charge in [0.25, 0.3) is 5.56 Å². The normalized spacial score (nSPS) is 23.4. The molecule has 2 fully saturated rings. The average molecular weight is 403 g/mol. The first-order valence-electron chi connectivity index (χ1n) is 11.0. The van der Waals surface area contributed by atoms with Crippen molar-refractivity contribution in [1.29, 1.82) is 0 Å². The van der Waals surface area contributed by atoms with Gasteiger partial charge in [-0.3, -0.25) is 9.36 Å². The van der Waals surface area contributed by atoms with Crippen LogP contribution in [0, 0.1) is 18.8 Å². The SMILES string of the molecule is CNc1nc(C)c(CCN2CC3CC(c4ccc5ccccc5c4)C3C2)c(=O)n1C. The summed E-state index contributed by atoms with van der Waals surface area (Å²) in [6.07, 6.45) is 2.06. The van der Waals surface area contributed by atoms with Gasteiger partial charge in [0.15, 0.2) is 0 Å². The van der Waals surface area contributed by atoms with E-state index in [4.69, 9.17) is 0 Å². The van der Waals surface area contributed by atoms with Crippen molar-refractivity contribution in [3.63, 3.8) is 0 Å². The Hall–Kier alpha value is -2.66. The molecule has 1 saturated carbocycles. The highest BCUT2D eigenvalue weighted by atomic mass is 16.1. The number of nitrogens with one attached hydrogen (secondary N) is 1. The Balaban J connectivity index is 1.26. The van der Waals surface area contributed by atoms with Crippen molar-refractivity contribution in [2.24, 2.45) is 18.9 Å². The van der Waals surface area contributed by atoms with Crippen molar-refractivity contribution < 1.29 is 0 Å². The Kier molecular flexibility index (Phi) is 4.86. The molecule has 30 heavy (non-hydrogen) atoms. The predicted molar refractivity (Wildman–Crippen MR) is 122 cm³/mol. The fourth-order valence-electron chi connectivity index (χ4n) is 5.54. The molecular formula is C25H30N4O.